The monoisotopic (exact) mass is 411 g/mol. The number of hydrogen-bond donors (Lipinski definition) is 2. The van der Waals surface area contributed by atoms with Crippen LogP contribution >= 0.6 is 0 Å². The predicted molar refractivity (Wildman–Crippen MR) is 105 cm³/mol. The Morgan fingerprint density at radius 2 is 1.97 bits per heavy atom. The molecular formula is C21H21N3O6. The normalized spacial score (nSPS) is 16.3. The van der Waals surface area contributed by atoms with E-state index in [0.29, 0.717) is 5.75 Å². The van der Waals surface area contributed by atoms with Crippen LogP contribution in [0.25, 0.3) is 11.3 Å². The van der Waals surface area contributed by atoms with Crippen LogP contribution in [0.5, 0.6) is 5.75 Å². The molecule has 9 heteroatoms. The van der Waals surface area contributed by atoms with Crippen LogP contribution in [0.3, 0.4) is 0 Å². The van der Waals surface area contributed by atoms with Gasteiger partial charge in [-0.15, -0.1) is 0 Å². The number of pyridine rings is 1. The number of likely N-dealkylation sites (tertiary alicyclic amines) is 1. The molecule has 9 nitrogen and oxygen atoms in total. The number of carboxylic acids is 1. The minimum atomic E-state index is -1.50. The summed E-state index contributed by atoms with van der Waals surface area (Å²) >= 11 is 0. The van der Waals surface area contributed by atoms with Crippen molar-refractivity contribution in [3.63, 3.8) is 0 Å². The molecule has 2 aromatic rings. The maximum atomic E-state index is 12.7. The van der Waals surface area contributed by atoms with Gasteiger partial charge in [-0.25, -0.2) is 0 Å². The quantitative estimate of drug-likeness (QED) is 0.648. The second kappa shape index (κ2) is 9.17. The number of hydrogen-bond acceptors (Lipinski definition) is 6. The Morgan fingerprint density at radius 3 is 2.63 bits per heavy atom. The molecule has 1 aliphatic heterocycles. The Bertz CT molecular complexity index is 973. The number of carboxylic acid groups (broad SMARTS) is 1. The average Bonchev–Trinajstić information content (AvgIpc) is 2.75. The fourth-order valence-corrected chi connectivity index (χ4v) is 3.20. The number of amides is 2. The SMILES string of the molecule is COc1ccnc(-c2ccc(CN3CCC(=O)C(C(=O)NCC(=O)O)C3=O)cc2)c1. The summed E-state index contributed by atoms with van der Waals surface area (Å²) < 4.78 is 5.20. The number of Topliss-reactive ketones (excluding diaryl/α,β-unsaturated/α-hetero) is 1. The van der Waals surface area contributed by atoms with E-state index in [-0.39, 0.29) is 19.5 Å². The summed E-state index contributed by atoms with van der Waals surface area (Å²) in [5.74, 6) is -4.05. The number of aromatic nitrogens is 1. The van der Waals surface area contributed by atoms with Crippen molar-refractivity contribution in [1.29, 1.82) is 0 Å². The van der Waals surface area contributed by atoms with E-state index in [2.05, 4.69) is 10.3 Å². The molecule has 0 bridgehead atoms. The van der Waals surface area contributed by atoms with E-state index in [1.807, 2.05) is 30.3 Å². The lowest BCUT2D eigenvalue weighted by Gasteiger charge is -2.30. The Labute approximate surface area is 172 Å². The minimum Gasteiger partial charge on any atom is -0.497 e. The Morgan fingerprint density at radius 1 is 1.23 bits per heavy atom. The first kappa shape index (κ1) is 21.0. The zero-order chi connectivity index (χ0) is 21.7. The van der Waals surface area contributed by atoms with Gasteiger partial charge in [-0.2, -0.15) is 0 Å². The number of carbonyl (C=O) groups excluding carboxylic acids is 3. The lowest BCUT2D eigenvalue weighted by atomic mass is 9.94. The lowest BCUT2D eigenvalue weighted by Crippen LogP contribution is -2.52. The van der Waals surface area contributed by atoms with Gasteiger partial charge in [0.2, 0.25) is 11.8 Å². The molecule has 1 fully saturated rings. The van der Waals surface area contributed by atoms with Crippen LogP contribution in [0.15, 0.2) is 42.6 Å². The van der Waals surface area contributed by atoms with Gasteiger partial charge in [0.25, 0.3) is 0 Å². The lowest BCUT2D eigenvalue weighted by molar-refractivity contribution is -0.152. The largest absolute Gasteiger partial charge is 0.497 e. The molecule has 3 rings (SSSR count). The Balaban J connectivity index is 1.69. The van der Waals surface area contributed by atoms with E-state index < -0.39 is 36.0 Å². The average molecular weight is 411 g/mol. The third kappa shape index (κ3) is 4.80. The number of ether oxygens (including phenoxy) is 1. The van der Waals surface area contributed by atoms with E-state index in [9.17, 15) is 19.2 Å². The van der Waals surface area contributed by atoms with Gasteiger partial charge >= 0.3 is 5.97 Å². The van der Waals surface area contributed by atoms with E-state index in [0.717, 1.165) is 16.8 Å². The number of rotatable bonds is 7. The second-order valence-corrected chi connectivity index (χ2v) is 6.80. The molecule has 2 heterocycles. The second-order valence-electron chi connectivity index (χ2n) is 6.80. The number of methoxy groups -OCH3 is 1. The van der Waals surface area contributed by atoms with E-state index in [1.54, 1.807) is 19.4 Å². The van der Waals surface area contributed by atoms with Crippen LogP contribution in [0.1, 0.15) is 12.0 Å². The number of nitrogens with zero attached hydrogens (tertiary/aromatic N) is 2. The maximum absolute atomic E-state index is 12.7. The molecule has 0 spiro atoms. The zero-order valence-corrected chi connectivity index (χ0v) is 16.3. The van der Waals surface area contributed by atoms with Crippen LogP contribution < -0.4 is 10.1 Å². The third-order valence-corrected chi connectivity index (χ3v) is 4.77. The number of aliphatic carboxylic acids is 1. The highest BCUT2D eigenvalue weighted by Crippen LogP contribution is 2.23. The molecule has 2 amide bonds. The highest BCUT2D eigenvalue weighted by atomic mass is 16.5. The van der Waals surface area contributed by atoms with Crippen LogP contribution in [0, 0.1) is 5.92 Å². The number of benzene rings is 1. The first-order valence-corrected chi connectivity index (χ1v) is 9.29. The molecule has 0 radical (unpaired) electrons. The Hall–Kier alpha value is -3.75. The molecule has 1 aromatic carbocycles. The van der Waals surface area contributed by atoms with Gasteiger partial charge in [0, 0.05) is 37.3 Å². The van der Waals surface area contributed by atoms with Crippen molar-refractivity contribution in [3.05, 3.63) is 48.2 Å². The fraction of sp³-hybridized carbons (Fsp3) is 0.286. The van der Waals surface area contributed by atoms with Gasteiger partial charge in [0.05, 0.1) is 12.8 Å². The number of nitrogens with one attached hydrogen (secondary N) is 1. The molecule has 0 aliphatic carbocycles. The Kier molecular flexibility index (Phi) is 6.41. The molecule has 1 atom stereocenters. The van der Waals surface area contributed by atoms with Crippen LogP contribution in [-0.4, -0.2) is 58.8 Å². The molecule has 1 unspecified atom stereocenters. The molecule has 156 valence electrons. The van der Waals surface area contributed by atoms with Crippen LogP contribution in [0.4, 0.5) is 0 Å². The van der Waals surface area contributed by atoms with Crippen molar-refractivity contribution < 1.29 is 29.0 Å². The smallest absolute Gasteiger partial charge is 0.322 e. The first-order valence-electron chi connectivity index (χ1n) is 9.29. The molecule has 1 aliphatic rings. The van der Waals surface area contributed by atoms with Gasteiger partial charge < -0.3 is 20.1 Å². The van der Waals surface area contributed by atoms with Gasteiger partial charge in [-0.3, -0.25) is 24.2 Å². The molecule has 30 heavy (non-hydrogen) atoms. The first-order chi connectivity index (χ1) is 14.4. The topological polar surface area (TPSA) is 126 Å². The van der Waals surface area contributed by atoms with Crippen molar-refractivity contribution >= 4 is 23.6 Å². The molecular weight excluding hydrogens is 390 g/mol. The summed E-state index contributed by atoms with van der Waals surface area (Å²) in [5, 5.41) is 10.8. The van der Waals surface area contributed by atoms with Gasteiger partial charge in [-0.1, -0.05) is 24.3 Å². The van der Waals surface area contributed by atoms with Crippen molar-refractivity contribution in [2.45, 2.75) is 13.0 Å². The number of carbonyl (C=O) groups is 4. The molecule has 0 saturated carbocycles. The number of piperidine rings is 1. The van der Waals surface area contributed by atoms with E-state index in [1.165, 1.54) is 4.90 Å². The fourth-order valence-electron chi connectivity index (χ4n) is 3.20. The maximum Gasteiger partial charge on any atom is 0.322 e. The van der Waals surface area contributed by atoms with E-state index in [4.69, 9.17) is 9.84 Å². The summed E-state index contributed by atoms with van der Waals surface area (Å²) in [6.45, 7) is -0.199. The van der Waals surface area contributed by atoms with Crippen molar-refractivity contribution in [2.75, 3.05) is 20.2 Å². The van der Waals surface area contributed by atoms with Crippen molar-refractivity contribution in [2.24, 2.45) is 5.92 Å². The zero-order valence-electron chi connectivity index (χ0n) is 16.3. The summed E-state index contributed by atoms with van der Waals surface area (Å²) in [7, 11) is 1.58. The standard InChI is InChI=1S/C21H21N3O6/c1-30-15-6-8-22-16(10-15)14-4-2-13(3-5-14)12-24-9-7-17(25)19(21(24)29)20(28)23-11-18(26)27/h2-6,8,10,19H,7,9,11-12H2,1H3,(H,23,28)(H,26,27). The summed E-state index contributed by atoms with van der Waals surface area (Å²) in [4.78, 5) is 53.2. The van der Waals surface area contributed by atoms with Crippen molar-refractivity contribution in [1.82, 2.24) is 15.2 Å². The summed E-state index contributed by atoms with van der Waals surface area (Å²) in [6, 6.07) is 11.0. The van der Waals surface area contributed by atoms with Crippen molar-refractivity contribution in [3.8, 4) is 17.0 Å². The molecule has 1 saturated heterocycles. The summed E-state index contributed by atoms with van der Waals surface area (Å²) in [5.41, 5.74) is 2.45. The van der Waals surface area contributed by atoms with Crippen LogP contribution in [0.2, 0.25) is 0 Å². The van der Waals surface area contributed by atoms with Gasteiger partial charge in [0.1, 0.15) is 12.3 Å². The molecule has 1 aromatic heterocycles. The minimum absolute atomic E-state index is 0.0444. The van der Waals surface area contributed by atoms with E-state index >= 15 is 0 Å². The highest BCUT2D eigenvalue weighted by molar-refractivity contribution is 6.19. The highest BCUT2D eigenvalue weighted by Gasteiger charge is 2.40. The van der Waals surface area contributed by atoms with Crippen LogP contribution in [-0.2, 0) is 25.7 Å². The molecule has 2 N–H and O–H groups in total. The predicted octanol–water partition coefficient (Wildman–Crippen LogP) is 0.876. The number of ketones is 1. The third-order valence-electron chi connectivity index (χ3n) is 4.77. The van der Waals surface area contributed by atoms with Gasteiger partial charge in [0.15, 0.2) is 11.7 Å². The van der Waals surface area contributed by atoms with Gasteiger partial charge in [-0.05, 0) is 11.6 Å². The summed E-state index contributed by atoms with van der Waals surface area (Å²) in [6.07, 6.45) is 1.70.